The molecule has 0 aliphatic heterocycles. The Hall–Kier alpha value is -5.04. The van der Waals surface area contributed by atoms with Gasteiger partial charge in [0.15, 0.2) is 5.78 Å². The molecule has 0 saturated carbocycles. The van der Waals surface area contributed by atoms with Crippen molar-refractivity contribution in [3.8, 4) is 0 Å². The normalized spacial score (nSPS) is 10.8. The molecule has 1 atom stereocenters. The Bertz CT molecular complexity index is 1350. The van der Waals surface area contributed by atoms with Crippen LogP contribution in [0.25, 0.3) is 0 Å². The number of carbonyl (C=O) groups excluding carboxylic acids is 4. The van der Waals surface area contributed by atoms with E-state index >= 15 is 0 Å². The average molecular weight is 581 g/mol. The molecule has 4 aromatic rings. The Morgan fingerprint density at radius 3 is 1.42 bits per heavy atom. The number of rotatable bonds is 13. The van der Waals surface area contributed by atoms with E-state index in [-0.39, 0.29) is 18.4 Å². The van der Waals surface area contributed by atoms with E-state index in [1.54, 1.807) is 67.6 Å². The first-order chi connectivity index (χ1) is 20.9. The fourth-order valence-corrected chi connectivity index (χ4v) is 3.86. The summed E-state index contributed by atoms with van der Waals surface area (Å²) in [5, 5.41) is 0. The molecule has 0 radical (unpaired) electrons. The van der Waals surface area contributed by atoms with E-state index in [1.807, 2.05) is 60.7 Å². The molecular weight excluding hydrogens is 544 g/mol. The summed E-state index contributed by atoms with van der Waals surface area (Å²) < 4.78 is 15.5. The van der Waals surface area contributed by atoms with Crippen molar-refractivity contribution in [1.82, 2.24) is 0 Å². The van der Waals surface area contributed by atoms with Crippen LogP contribution in [0.3, 0.4) is 0 Å². The zero-order valence-electron chi connectivity index (χ0n) is 24.2. The van der Waals surface area contributed by atoms with Gasteiger partial charge >= 0.3 is 17.9 Å². The number of ketones is 1. The van der Waals surface area contributed by atoms with Crippen molar-refractivity contribution in [2.75, 3.05) is 13.2 Å². The lowest BCUT2D eigenvalue weighted by molar-refractivity contribution is 0.00448. The highest BCUT2D eigenvalue weighted by Crippen LogP contribution is 2.09. The van der Waals surface area contributed by atoms with Gasteiger partial charge in [-0.25, -0.2) is 14.4 Å². The minimum atomic E-state index is -0.509. The zero-order valence-corrected chi connectivity index (χ0v) is 24.2. The van der Waals surface area contributed by atoms with Crippen LogP contribution in [0.15, 0.2) is 121 Å². The fourth-order valence-electron chi connectivity index (χ4n) is 3.86. The molecule has 0 heterocycles. The molecule has 0 aromatic heterocycles. The third kappa shape index (κ3) is 12.2. The Kier molecular flexibility index (Phi) is 13.9. The van der Waals surface area contributed by atoms with Gasteiger partial charge in [0.05, 0.1) is 23.3 Å². The smallest absolute Gasteiger partial charge is 0.338 e. The predicted octanol–water partition coefficient (Wildman–Crippen LogP) is 7.38. The van der Waals surface area contributed by atoms with Crippen LogP contribution >= 0.6 is 0 Å². The molecule has 222 valence electrons. The maximum Gasteiger partial charge on any atom is 0.338 e. The molecule has 0 spiro atoms. The number of benzene rings is 4. The van der Waals surface area contributed by atoms with Gasteiger partial charge in [-0.1, -0.05) is 84.9 Å². The summed E-state index contributed by atoms with van der Waals surface area (Å²) in [7, 11) is 0. The second-order valence-electron chi connectivity index (χ2n) is 9.65. The van der Waals surface area contributed by atoms with Crippen LogP contribution in [0.2, 0.25) is 0 Å². The molecule has 4 aromatic carbocycles. The van der Waals surface area contributed by atoms with Crippen LogP contribution in [0.1, 0.15) is 74.0 Å². The van der Waals surface area contributed by atoms with Crippen molar-refractivity contribution in [2.24, 2.45) is 0 Å². The number of hydrogen-bond donors (Lipinski definition) is 0. The first-order valence-corrected chi connectivity index (χ1v) is 14.2. The summed E-state index contributed by atoms with van der Waals surface area (Å²) in [6, 6.07) is 35.6. The minimum absolute atomic E-state index is 0.0201. The van der Waals surface area contributed by atoms with Crippen molar-refractivity contribution in [1.29, 1.82) is 0 Å². The van der Waals surface area contributed by atoms with Crippen molar-refractivity contribution < 1.29 is 33.4 Å². The quantitative estimate of drug-likeness (QED) is 0.0705. The molecule has 0 amide bonds. The summed E-state index contributed by atoms with van der Waals surface area (Å²) in [5.41, 5.74) is 2.28. The van der Waals surface area contributed by atoms with Crippen LogP contribution in [0.5, 0.6) is 0 Å². The van der Waals surface area contributed by atoms with Crippen LogP contribution in [-0.2, 0) is 14.2 Å². The van der Waals surface area contributed by atoms with Gasteiger partial charge in [0.2, 0.25) is 0 Å². The van der Waals surface area contributed by atoms with E-state index in [0.29, 0.717) is 29.7 Å². The number of Topliss-reactive ketones (excluding diaryl/α,β-unsaturated/α-hetero) is 1. The SMILES string of the molecule is CC(COC(=O)c1ccccc1)OC(=O)c1ccccc1.O=C(CCCCCOC(=O)c1ccccc1)c1ccccc1. The number of esters is 3. The number of ether oxygens (including phenoxy) is 3. The van der Waals surface area contributed by atoms with E-state index in [0.717, 1.165) is 24.8 Å². The van der Waals surface area contributed by atoms with Gasteiger partial charge in [-0.2, -0.15) is 0 Å². The molecule has 0 bridgehead atoms. The highest BCUT2D eigenvalue weighted by Gasteiger charge is 2.14. The van der Waals surface area contributed by atoms with Crippen molar-refractivity contribution in [2.45, 2.75) is 38.7 Å². The molecule has 0 fully saturated rings. The van der Waals surface area contributed by atoms with E-state index in [4.69, 9.17) is 14.2 Å². The van der Waals surface area contributed by atoms with Crippen molar-refractivity contribution in [3.05, 3.63) is 144 Å². The van der Waals surface area contributed by atoms with Gasteiger partial charge < -0.3 is 14.2 Å². The molecule has 0 aliphatic carbocycles. The number of unbranched alkanes of at least 4 members (excludes halogenated alkanes) is 2. The number of carbonyl (C=O) groups is 4. The Morgan fingerprint density at radius 2 is 0.930 bits per heavy atom. The largest absolute Gasteiger partial charge is 0.462 e. The molecular formula is C36H36O7. The lowest BCUT2D eigenvalue weighted by atomic mass is 10.1. The molecule has 7 nitrogen and oxygen atoms in total. The standard InChI is InChI=1S/C19H20O3.C17H16O4/c20-18(16-10-4-1-5-11-16)14-8-3-9-15-22-19(21)17-12-6-2-7-13-17;1-13(21-17(19)15-10-6-3-7-11-15)12-20-16(18)14-8-4-2-5-9-14/h1-2,4-7,10-13H,3,8-9,14-15H2;2-11,13H,12H2,1H3. The first kappa shape index (κ1) is 32.5. The average Bonchev–Trinajstić information content (AvgIpc) is 3.07. The van der Waals surface area contributed by atoms with Crippen LogP contribution in [0, 0.1) is 0 Å². The Morgan fingerprint density at radius 1 is 0.512 bits per heavy atom. The summed E-state index contributed by atoms with van der Waals surface area (Å²) in [4.78, 5) is 47.1. The van der Waals surface area contributed by atoms with E-state index in [1.165, 1.54) is 0 Å². The lowest BCUT2D eigenvalue weighted by Crippen LogP contribution is -2.22. The molecule has 0 N–H and O–H groups in total. The van der Waals surface area contributed by atoms with Gasteiger partial charge in [-0.05, 0) is 62.6 Å². The molecule has 4 rings (SSSR count). The van der Waals surface area contributed by atoms with E-state index in [9.17, 15) is 19.2 Å². The van der Waals surface area contributed by atoms with Gasteiger partial charge in [-0.15, -0.1) is 0 Å². The Labute approximate surface area is 252 Å². The van der Waals surface area contributed by atoms with Crippen LogP contribution < -0.4 is 0 Å². The maximum absolute atomic E-state index is 11.9. The summed E-state index contributed by atoms with van der Waals surface area (Å²) in [6.07, 6.45) is 2.50. The predicted molar refractivity (Wildman–Crippen MR) is 164 cm³/mol. The number of hydrogen-bond acceptors (Lipinski definition) is 7. The summed E-state index contributed by atoms with van der Waals surface area (Å²) in [6.45, 7) is 2.10. The second-order valence-corrected chi connectivity index (χ2v) is 9.65. The van der Waals surface area contributed by atoms with Gasteiger partial charge in [-0.3, -0.25) is 4.79 Å². The highest BCUT2D eigenvalue weighted by molar-refractivity contribution is 5.96. The molecule has 0 saturated heterocycles. The van der Waals surface area contributed by atoms with Crippen molar-refractivity contribution in [3.63, 3.8) is 0 Å². The molecule has 43 heavy (non-hydrogen) atoms. The monoisotopic (exact) mass is 580 g/mol. The third-order valence-corrected chi connectivity index (χ3v) is 6.16. The third-order valence-electron chi connectivity index (χ3n) is 6.16. The highest BCUT2D eigenvalue weighted by atomic mass is 16.6. The first-order valence-electron chi connectivity index (χ1n) is 14.2. The minimum Gasteiger partial charge on any atom is -0.462 e. The maximum atomic E-state index is 11.9. The van der Waals surface area contributed by atoms with E-state index < -0.39 is 18.0 Å². The van der Waals surface area contributed by atoms with Gasteiger partial charge in [0.25, 0.3) is 0 Å². The summed E-state index contributed by atoms with van der Waals surface area (Å²) in [5.74, 6) is -0.986. The molecule has 7 heteroatoms. The summed E-state index contributed by atoms with van der Waals surface area (Å²) >= 11 is 0. The fraction of sp³-hybridized carbons (Fsp3) is 0.222. The molecule has 0 aliphatic rings. The topological polar surface area (TPSA) is 96.0 Å². The van der Waals surface area contributed by atoms with Crippen molar-refractivity contribution >= 4 is 23.7 Å². The van der Waals surface area contributed by atoms with Crippen LogP contribution in [0.4, 0.5) is 0 Å². The second kappa shape index (κ2) is 18.4. The lowest BCUT2D eigenvalue weighted by Gasteiger charge is -2.13. The van der Waals surface area contributed by atoms with Crippen LogP contribution in [-0.4, -0.2) is 43.0 Å². The zero-order chi connectivity index (χ0) is 30.7. The Balaban J connectivity index is 0.000000236. The molecule has 1 unspecified atom stereocenters. The van der Waals surface area contributed by atoms with Gasteiger partial charge in [0.1, 0.15) is 12.7 Å². The van der Waals surface area contributed by atoms with E-state index in [2.05, 4.69) is 0 Å². The van der Waals surface area contributed by atoms with Gasteiger partial charge in [0, 0.05) is 12.0 Å².